The normalized spacial score (nSPS) is 12.2. The summed E-state index contributed by atoms with van der Waals surface area (Å²) in [7, 11) is 9.79. The van der Waals surface area contributed by atoms with Crippen molar-refractivity contribution in [3.63, 3.8) is 0 Å². The van der Waals surface area contributed by atoms with Gasteiger partial charge in [-0.2, -0.15) is 15.4 Å². The third-order valence-electron chi connectivity index (χ3n) is 2.74. The average molecular weight is 296 g/mol. The zero-order valence-corrected chi connectivity index (χ0v) is 13.4. The average Bonchev–Trinajstić information content (AvgIpc) is 2.83. The molecule has 1 N–H and O–H groups in total. The first-order valence-corrected chi connectivity index (χ1v) is 7.48. The highest BCUT2D eigenvalue weighted by atomic mass is 31.2. The summed E-state index contributed by atoms with van der Waals surface area (Å²) in [4.78, 5) is 0. The minimum absolute atomic E-state index is 0.494. The second-order valence-corrected chi connectivity index (χ2v) is 7.66. The first-order valence-electron chi connectivity index (χ1n) is 6.28. The molecule has 7 nitrogen and oxygen atoms in total. The van der Waals surface area contributed by atoms with Crippen LogP contribution in [0.5, 0.6) is 5.75 Å². The van der Waals surface area contributed by atoms with Gasteiger partial charge in [-0.1, -0.05) is 6.07 Å². The van der Waals surface area contributed by atoms with Crippen molar-refractivity contribution >= 4 is 19.4 Å². The minimum atomic E-state index is -0.537. The number of benzene rings is 1. The molecule has 0 amide bonds. The smallest absolute Gasteiger partial charge is 0.154 e. The Bertz CT molecular complexity index is 550. The first-order chi connectivity index (χ1) is 9.50. The molecule has 0 aliphatic rings. The first kappa shape index (κ1) is 15.1. The van der Waals surface area contributed by atoms with Gasteiger partial charge in [0.15, 0.2) is 11.3 Å². The van der Waals surface area contributed by atoms with E-state index >= 15 is 0 Å². The minimum Gasteiger partial charge on any atom is -0.475 e. The lowest BCUT2D eigenvalue weighted by molar-refractivity contribution is 0.218. The molecule has 110 valence electrons. The maximum atomic E-state index is 5.89. The topological polar surface area (TPSA) is 60.5 Å². The fraction of sp³-hybridized carbons (Fsp3) is 0.500. The van der Waals surface area contributed by atoms with Gasteiger partial charge in [-0.15, -0.1) is 0 Å². The molecule has 0 spiro atoms. The molecule has 0 radical (unpaired) electrons. The van der Waals surface area contributed by atoms with Gasteiger partial charge in [0.2, 0.25) is 0 Å². The molecule has 0 unspecified atom stereocenters. The van der Waals surface area contributed by atoms with E-state index in [9.17, 15) is 0 Å². The maximum Gasteiger partial charge on any atom is 0.154 e. The van der Waals surface area contributed by atoms with Crippen LogP contribution in [0.15, 0.2) is 18.2 Å². The number of para-hydroxylation sites is 1. The molecule has 0 aliphatic carbocycles. The molecular weight excluding hydrogens is 275 g/mol. The zero-order chi connectivity index (χ0) is 14.7. The van der Waals surface area contributed by atoms with E-state index in [1.807, 2.05) is 18.2 Å². The van der Waals surface area contributed by atoms with Gasteiger partial charge in [0.05, 0.1) is 0 Å². The van der Waals surface area contributed by atoms with E-state index < -0.39 is 8.37 Å². The molecular formula is C12H21N6OP. The number of ether oxygens (including phenoxy) is 1. The Kier molecular flexibility index (Phi) is 4.88. The van der Waals surface area contributed by atoms with Crippen LogP contribution < -0.4 is 4.74 Å². The summed E-state index contributed by atoms with van der Waals surface area (Å²) in [5, 5.41) is 10.8. The van der Waals surface area contributed by atoms with Crippen LogP contribution in [-0.2, 0) is 0 Å². The highest BCUT2D eigenvalue weighted by molar-refractivity contribution is 7.49. The lowest BCUT2D eigenvalue weighted by atomic mass is 10.3. The van der Waals surface area contributed by atoms with E-state index in [4.69, 9.17) is 4.74 Å². The second-order valence-electron chi connectivity index (χ2n) is 4.84. The van der Waals surface area contributed by atoms with Crippen LogP contribution in [0, 0.1) is 0 Å². The largest absolute Gasteiger partial charge is 0.475 e. The number of rotatable bonds is 6. The highest BCUT2D eigenvalue weighted by Gasteiger charge is 2.20. The summed E-state index contributed by atoms with van der Waals surface area (Å²) >= 11 is 0. The molecule has 0 bridgehead atoms. The fourth-order valence-corrected chi connectivity index (χ4v) is 4.24. The summed E-state index contributed by atoms with van der Waals surface area (Å²) in [6, 6.07) is 5.73. The molecule has 0 saturated carbocycles. The molecule has 2 aromatic rings. The summed E-state index contributed by atoms with van der Waals surface area (Å²) in [5.74, 6) is 0.746. The summed E-state index contributed by atoms with van der Waals surface area (Å²) in [5.41, 5.74) is 1.58. The predicted octanol–water partition coefficient (Wildman–Crippen LogP) is 1.58. The number of fused-ring (bicyclic) bond motifs is 1. The maximum absolute atomic E-state index is 5.89. The van der Waals surface area contributed by atoms with Gasteiger partial charge in [0.1, 0.15) is 20.6 Å². The highest BCUT2D eigenvalue weighted by Crippen LogP contribution is 2.42. The number of H-pyrrole nitrogens is 1. The molecule has 2 rings (SSSR count). The third-order valence-corrected chi connectivity index (χ3v) is 4.90. The van der Waals surface area contributed by atoms with Crippen molar-refractivity contribution in [3.8, 4) is 5.75 Å². The Morgan fingerprint density at radius 1 is 1.10 bits per heavy atom. The molecule has 1 heterocycles. The van der Waals surface area contributed by atoms with Crippen molar-refractivity contribution in [2.45, 2.75) is 0 Å². The number of hydrogen-bond acceptors (Lipinski definition) is 6. The number of nitrogens with one attached hydrogen (secondary N) is 1. The Morgan fingerprint density at radius 3 is 2.45 bits per heavy atom. The van der Waals surface area contributed by atoms with Crippen LogP contribution in [0.1, 0.15) is 0 Å². The van der Waals surface area contributed by atoms with Gasteiger partial charge < -0.3 is 4.74 Å². The molecule has 0 aliphatic heterocycles. The Hall–Kier alpha value is -1.27. The van der Waals surface area contributed by atoms with Crippen molar-refractivity contribution < 1.29 is 4.74 Å². The van der Waals surface area contributed by atoms with E-state index in [-0.39, 0.29) is 0 Å². The van der Waals surface area contributed by atoms with E-state index in [0.717, 1.165) is 16.8 Å². The number of aromatic amines is 1. The molecule has 8 heteroatoms. The van der Waals surface area contributed by atoms with Gasteiger partial charge >= 0.3 is 0 Å². The zero-order valence-electron chi connectivity index (χ0n) is 12.5. The number of aromatic nitrogens is 3. The summed E-state index contributed by atoms with van der Waals surface area (Å²) < 4.78 is 12.4. The molecule has 20 heavy (non-hydrogen) atoms. The molecule has 1 aromatic heterocycles. The van der Waals surface area contributed by atoms with E-state index in [1.165, 1.54) is 0 Å². The molecule has 0 atom stereocenters. The SMILES string of the molecule is CN(C)P(N(C)C)N(C)COc1cccc2n[nH]nc12. The van der Waals surface area contributed by atoms with E-state index in [1.54, 1.807) is 0 Å². The van der Waals surface area contributed by atoms with Crippen LogP contribution in [0.2, 0.25) is 0 Å². The number of hydrogen-bond donors (Lipinski definition) is 1. The Balaban J connectivity index is 2.06. The quantitative estimate of drug-likeness (QED) is 0.645. The van der Waals surface area contributed by atoms with Crippen LogP contribution in [0.25, 0.3) is 11.0 Å². The van der Waals surface area contributed by atoms with Gasteiger partial charge in [-0.05, 0) is 47.4 Å². The fourth-order valence-electron chi connectivity index (χ4n) is 2.14. The summed E-state index contributed by atoms with van der Waals surface area (Å²) in [6.45, 7) is 0.494. The van der Waals surface area contributed by atoms with Crippen LogP contribution >= 0.6 is 8.37 Å². The standard InChI is InChI=1S/C12H21N6OP/c1-16(2)20(17(3)4)18(5)9-19-11-8-6-7-10-12(11)14-15-13-10/h6-8H,9H2,1-5H3,(H,13,14,15). The monoisotopic (exact) mass is 296 g/mol. The van der Waals surface area contributed by atoms with E-state index in [0.29, 0.717) is 6.73 Å². The van der Waals surface area contributed by atoms with Crippen molar-refractivity contribution in [1.29, 1.82) is 0 Å². The van der Waals surface area contributed by atoms with E-state index in [2.05, 4.69) is 64.7 Å². The molecule has 0 saturated heterocycles. The third kappa shape index (κ3) is 3.24. The number of nitrogens with zero attached hydrogens (tertiary/aromatic N) is 5. The van der Waals surface area contributed by atoms with Crippen LogP contribution in [0.3, 0.4) is 0 Å². The predicted molar refractivity (Wildman–Crippen MR) is 81.4 cm³/mol. The van der Waals surface area contributed by atoms with Gasteiger partial charge in [-0.3, -0.25) is 9.34 Å². The lowest BCUT2D eigenvalue weighted by Gasteiger charge is -2.36. The van der Waals surface area contributed by atoms with Crippen molar-refractivity contribution in [1.82, 2.24) is 29.4 Å². The molecule has 0 fully saturated rings. The van der Waals surface area contributed by atoms with Crippen LogP contribution in [-0.4, -0.2) is 71.4 Å². The lowest BCUT2D eigenvalue weighted by Crippen LogP contribution is -2.31. The Morgan fingerprint density at radius 2 is 1.80 bits per heavy atom. The van der Waals surface area contributed by atoms with Gasteiger partial charge in [-0.25, -0.2) is 4.67 Å². The molecule has 1 aromatic carbocycles. The summed E-state index contributed by atoms with van der Waals surface area (Å²) in [6.07, 6.45) is 0. The van der Waals surface area contributed by atoms with Gasteiger partial charge in [0, 0.05) is 0 Å². The van der Waals surface area contributed by atoms with Crippen molar-refractivity contribution in [3.05, 3.63) is 18.2 Å². The van der Waals surface area contributed by atoms with Gasteiger partial charge in [0.25, 0.3) is 0 Å². The Labute approximate surface area is 120 Å². The van der Waals surface area contributed by atoms with Crippen LogP contribution in [0.4, 0.5) is 0 Å². The van der Waals surface area contributed by atoms with Crippen molar-refractivity contribution in [2.24, 2.45) is 0 Å². The van der Waals surface area contributed by atoms with Crippen molar-refractivity contribution in [2.75, 3.05) is 42.0 Å². The second kappa shape index (κ2) is 6.45.